The van der Waals surface area contributed by atoms with Gasteiger partial charge in [-0.05, 0) is 44.5 Å². The van der Waals surface area contributed by atoms with E-state index in [1.807, 2.05) is 17.0 Å². The van der Waals surface area contributed by atoms with Crippen molar-refractivity contribution in [2.75, 3.05) is 46.9 Å². The quantitative estimate of drug-likeness (QED) is 0.542. The zero-order chi connectivity index (χ0) is 29.3. The third-order valence-corrected chi connectivity index (χ3v) is 6.24. The molecular weight excluding hydrogens is 528 g/mol. The Kier molecular flexibility index (Phi) is 11.8. The number of hydrogen-bond acceptors (Lipinski definition) is 6. The van der Waals surface area contributed by atoms with Crippen LogP contribution in [-0.2, 0) is 20.9 Å². The van der Waals surface area contributed by atoms with Crippen molar-refractivity contribution in [1.82, 2.24) is 14.7 Å². The summed E-state index contributed by atoms with van der Waals surface area (Å²) in [5.41, 5.74) is 1.02. The topological polar surface area (TPSA) is 111 Å². The molecule has 38 heavy (non-hydrogen) atoms. The number of carbonyl (C=O) groups is 3. The molecule has 0 atom stereocenters. The molecule has 1 spiro atoms. The molecule has 0 unspecified atom stereocenters. The van der Waals surface area contributed by atoms with Crippen molar-refractivity contribution >= 4 is 17.8 Å². The van der Waals surface area contributed by atoms with Crippen LogP contribution in [0.25, 0.3) is 0 Å². The molecule has 0 saturated carbocycles. The van der Waals surface area contributed by atoms with Crippen molar-refractivity contribution in [3.8, 4) is 5.75 Å². The Morgan fingerprint density at radius 3 is 1.74 bits per heavy atom. The van der Waals surface area contributed by atoms with Crippen molar-refractivity contribution in [1.29, 1.82) is 0 Å². The van der Waals surface area contributed by atoms with Crippen LogP contribution in [0.15, 0.2) is 24.3 Å². The number of amides is 1. The van der Waals surface area contributed by atoms with Gasteiger partial charge in [0, 0.05) is 39.3 Å². The molecule has 2 aliphatic heterocycles. The molecule has 216 valence electrons. The van der Waals surface area contributed by atoms with E-state index in [1.165, 1.54) is 5.56 Å². The number of carboxylic acids is 2. The number of carboxylic acid groups (broad SMARTS) is 2. The Labute approximate surface area is 215 Å². The zero-order valence-corrected chi connectivity index (χ0v) is 21.1. The number of halogens is 6. The molecule has 0 radical (unpaired) electrons. The van der Waals surface area contributed by atoms with E-state index in [4.69, 9.17) is 24.5 Å². The lowest BCUT2D eigenvalue weighted by Gasteiger charge is -2.51. The number of rotatable bonds is 4. The fourth-order valence-electron chi connectivity index (χ4n) is 4.01. The van der Waals surface area contributed by atoms with E-state index >= 15 is 0 Å². The maximum Gasteiger partial charge on any atom is 0.490 e. The van der Waals surface area contributed by atoms with Gasteiger partial charge in [-0.25, -0.2) is 9.59 Å². The maximum absolute atomic E-state index is 12.9. The summed E-state index contributed by atoms with van der Waals surface area (Å²) in [6.07, 6.45) is -8.32. The van der Waals surface area contributed by atoms with Gasteiger partial charge in [-0.3, -0.25) is 14.6 Å². The molecule has 1 aromatic rings. The maximum atomic E-state index is 12.9. The summed E-state index contributed by atoms with van der Waals surface area (Å²) in [7, 11) is 3.81. The van der Waals surface area contributed by atoms with Crippen molar-refractivity contribution in [2.45, 2.75) is 44.2 Å². The summed E-state index contributed by atoms with van der Waals surface area (Å²) < 4.78 is 68.7. The summed E-state index contributed by atoms with van der Waals surface area (Å²) in [5, 5.41) is 14.2. The lowest BCUT2D eigenvalue weighted by atomic mass is 9.82. The fraction of sp³-hybridized carbons (Fsp3) is 0.609. The Morgan fingerprint density at radius 1 is 0.921 bits per heavy atom. The van der Waals surface area contributed by atoms with E-state index in [-0.39, 0.29) is 5.54 Å². The van der Waals surface area contributed by atoms with Gasteiger partial charge in [0.25, 0.3) is 0 Å². The van der Waals surface area contributed by atoms with Crippen LogP contribution in [0.4, 0.5) is 26.3 Å². The minimum Gasteiger partial charge on any atom is -0.497 e. The smallest absolute Gasteiger partial charge is 0.490 e. The number of carbonyl (C=O) groups excluding carboxylic acids is 1. The standard InChI is InChI=1S/C19H29N3O2.2C2HF3O2/c1-4-22-14-13-20(2)19(18(22)23)9-11-21(12-10-19)15-16-5-7-17(24-3)8-6-16;2*3-2(4,5)1(6)7/h5-8H,4,9-15H2,1-3H3;2*(H,6,7). The first-order valence-corrected chi connectivity index (χ1v) is 11.4. The predicted molar refractivity (Wildman–Crippen MR) is 123 cm³/mol. The van der Waals surface area contributed by atoms with Crippen LogP contribution in [0.1, 0.15) is 25.3 Å². The molecule has 3 rings (SSSR count). The fourth-order valence-corrected chi connectivity index (χ4v) is 4.01. The monoisotopic (exact) mass is 559 g/mol. The molecule has 15 heteroatoms. The number of piperidine rings is 1. The van der Waals surface area contributed by atoms with E-state index < -0.39 is 24.3 Å². The first-order chi connectivity index (χ1) is 17.5. The predicted octanol–water partition coefficient (Wildman–Crippen LogP) is 3.09. The molecule has 0 aliphatic carbocycles. The van der Waals surface area contributed by atoms with Crippen LogP contribution in [0.3, 0.4) is 0 Å². The number of methoxy groups -OCH3 is 1. The number of nitrogens with zero attached hydrogens (tertiary/aromatic N) is 3. The number of alkyl halides is 6. The van der Waals surface area contributed by atoms with Crippen LogP contribution in [0, 0.1) is 0 Å². The van der Waals surface area contributed by atoms with Crippen LogP contribution < -0.4 is 4.74 Å². The van der Waals surface area contributed by atoms with Crippen molar-refractivity contribution in [2.24, 2.45) is 0 Å². The number of aliphatic carboxylic acids is 2. The van der Waals surface area contributed by atoms with Gasteiger partial charge >= 0.3 is 24.3 Å². The Hall–Kier alpha value is -3.07. The summed E-state index contributed by atoms with van der Waals surface area (Å²) in [5.74, 6) is -4.28. The van der Waals surface area contributed by atoms with E-state index in [1.54, 1.807) is 7.11 Å². The number of likely N-dealkylation sites (tertiary alicyclic amines) is 1. The number of ether oxygens (including phenoxy) is 1. The molecule has 9 nitrogen and oxygen atoms in total. The highest BCUT2D eigenvalue weighted by Gasteiger charge is 2.48. The van der Waals surface area contributed by atoms with Crippen molar-refractivity contribution < 1.29 is 55.7 Å². The van der Waals surface area contributed by atoms with Crippen LogP contribution >= 0.6 is 0 Å². The second-order valence-electron chi connectivity index (χ2n) is 8.57. The second-order valence-corrected chi connectivity index (χ2v) is 8.57. The van der Waals surface area contributed by atoms with Crippen LogP contribution in [0.2, 0.25) is 0 Å². The third-order valence-electron chi connectivity index (χ3n) is 6.24. The summed E-state index contributed by atoms with van der Waals surface area (Å²) >= 11 is 0. The molecule has 2 fully saturated rings. The van der Waals surface area contributed by atoms with Crippen molar-refractivity contribution in [3.05, 3.63) is 29.8 Å². The summed E-state index contributed by atoms with van der Waals surface area (Å²) in [6.45, 7) is 7.63. The van der Waals surface area contributed by atoms with Crippen LogP contribution in [-0.4, -0.2) is 108 Å². The molecule has 0 bridgehead atoms. The second kappa shape index (κ2) is 13.6. The van der Waals surface area contributed by atoms with Gasteiger partial charge < -0.3 is 19.8 Å². The SMILES string of the molecule is CCN1CCN(C)C2(CCN(Cc3ccc(OC)cc3)CC2)C1=O.O=C(O)C(F)(F)F.O=C(O)C(F)(F)F. The lowest BCUT2D eigenvalue weighted by molar-refractivity contribution is -0.193. The molecular formula is C23H31F6N3O6. The molecule has 1 aromatic carbocycles. The highest BCUT2D eigenvalue weighted by atomic mass is 19.4. The molecule has 2 heterocycles. The van der Waals surface area contributed by atoms with Gasteiger partial charge in [-0.1, -0.05) is 12.1 Å². The Morgan fingerprint density at radius 2 is 1.37 bits per heavy atom. The molecule has 1 amide bonds. The summed E-state index contributed by atoms with van der Waals surface area (Å²) in [4.78, 5) is 37.5. The molecule has 2 saturated heterocycles. The van der Waals surface area contributed by atoms with Gasteiger partial charge in [0.05, 0.1) is 7.11 Å². The largest absolute Gasteiger partial charge is 0.497 e. The molecule has 2 aliphatic rings. The highest BCUT2D eigenvalue weighted by molar-refractivity contribution is 5.87. The number of likely N-dealkylation sites (N-methyl/N-ethyl adjacent to an activating group) is 2. The lowest BCUT2D eigenvalue weighted by Crippen LogP contribution is -2.67. The average Bonchev–Trinajstić information content (AvgIpc) is 2.84. The third kappa shape index (κ3) is 9.35. The zero-order valence-electron chi connectivity index (χ0n) is 21.1. The van der Waals surface area contributed by atoms with E-state index in [0.29, 0.717) is 5.91 Å². The number of benzene rings is 1. The average molecular weight is 560 g/mol. The van der Waals surface area contributed by atoms with E-state index in [2.05, 4.69) is 35.9 Å². The minimum absolute atomic E-state index is 0.273. The molecule has 2 N–H and O–H groups in total. The Bertz CT molecular complexity index is 907. The van der Waals surface area contributed by atoms with Crippen LogP contribution in [0.5, 0.6) is 5.75 Å². The summed E-state index contributed by atoms with van der Waals surface area (Å²) in [6, 6.07) is 8.27. The highest BCUT2D eigenvalue weighted by Crippen LogP contribution is 2.33. The van der Waals surface area contributed by atoms with Gasteiger partial charge in [0.2, 0.25) is 5.91 Å². The minimum atomic E-state index is -5.08. The van der Waals surface area contributed by atoms with Crippen molar-refractivity contribution in [3.63, 3.8) is 0 Å². The van der Waals surface area contributed by atoms with E-state index in [9.17, 15) is 31.1 Å². The first-order valence-electron chi connectivity index (χ1n) is 11.4. The van der Waals surface area contributed by atoms with E-state index in [0.717, 1.165) is 57.9 Å². The number of piperazine rings is 1. The van der Waals surface area contributed by atoms with Gasteiger partial charge in [-0.2, -0.15) is 26.3 Å². The van der Waals surface area contributed by atoms with Gasteiger partial charge in [0.1, 0.15) is 11.3 Å². The number of hydrogen-bond donors (Lipinski definition) is 2. The Balaban J connectivity index is 0.000000426. The first kappa shape index (κ1) is 33.0. The normalized spacial score (nSPS) is 18.1. The van der Waals surface area contributed by atoms with Gasteiger partial charge in [-0.15, -0.1) is 0 Å². The van der Waals surface area contributed by atoms with Gasteiger partial charge in [0.15, 0.2) is 0 Å². The molecule has 0 aromatic heterocycles.